The van der Waals surface area contributed by atoms with Crippen LogP contribution in [-0.4, -0.2) is 37.7 Å². The van der Waals surface area contributed by atoms with Crippen molar-refractivity contribution >= 4 is 17.9 Å². The zero-order valence-electron chi connectivity index (χ0n) is 14.7. The Morgan fingerprint density at radius 3 is 1.83 bits per heavy atom. The Bertz CT molecular complexity index is 426. The summed E-state index contributed by atoms with van der Waals surface area (Å²) >= 11 is 0. The highest BCUT2D eigenvalue weighted by Gasteiger charge is 2.58. The van der Waals surface area contributed by atoms with Gasteiger partial charge in [-0.05, 0) is 52.4 Å². The molecule has 0 bridgehead atoms. The van der Waals surface area contributed by atoms with E-state index in [1.54, 1.807) is 20.8 Å². The molecule has 3 atom stereocenters. The van der Waals surface area contributed by atoms with Crippen molar-refractivity contribution in [3.8, 4) is 0 Å². The highest BCUT2D eigenvalue weighted by atomic mass is 16.6. The predicted molar refractivity (Wildman–Crippen MR) is 83.4 cm³/mol. The van der Waals surface area contributed by atoms with Crippen LogP contribution in [0.1, 0.15) is 47.5 Å². The maximum absolute atomic E-state index is 12.5. The molecule has 23 heavy (non-hydrogen) atoms. The Morgan fingerprint density at radius 1 is 0.913 bits per heavy atom. The lowest BCUT2D eigenvalue weighted by Gasteiger charge is -2.34. The Labute approximate surface area is 137 Å². The van der Waals surface area contributed by atoms with Crippen LogP contribution in [0.5, 0.6) is 0 Å². The molecular weight excluding hydrogens is 300 g/mol. The summed E-state index contributed by atoms with van der Waals surface area (Å²) in [5, 5.41) is 0. The number of hydrogen-bond acceptors (Lipinski definition) is 6. The molecule has 1 aliphatic rings. The molecule has 0 aromatic heterocycles. The molecule has 0 heterocycles. The smallest absolute Gasteiger partial charge is 0.323 e. The van der Waals surface area contributed by atoms with E-state index in [0.29, 0.717) is 6.42 Å². The monoisotopic (exact) mass is 328 g/mol. The Kier molecular flexibility index (Phi) is 7.03. The van der Waals surface area contributed by atoms with E-state index in [9.17, 15) is 14.4 Å². The summed E-state index contributed by atoms with van der Waals surface area (Å²) in [6.07, 6.45) is 1.33. The first-order valence-corrected chi connectivity index (χ1v) is 8.35. The summed E-state index contributed by atoms with van der Waals surface area (Å²) in [4.78, 5) is 37.4. The molecule has 1 rings (SSSR count). The molecule has 0 N–H and O–H groups in total. The second-order valence-corrected chi connectivity index (χ2v) is 6.08. The van der Waals surface area contributed by atoms with Gasteiger partial charge in [0.25, 0.3) is 0 Å². The average molecular weight is 328 g/mol. The minimum atomic E-state index is -1.49. The normalized spacial score (nSPS) is 24.1. The molecule has 0 aromatic rings. The van der Waals surface area contributed by atoms with E-state index in [-0.39, 0.29) is 31.7 Å². The second-order valence-electron chi connectivity index (χ2n) is 6.08. The van der Waals surface area contributed by atoms with E-state index in [4.69, 9.17) is 14.2 Å². The maximum Gasteiger partial charge on any atom is 0.323 e. The molecule has 0 spiro atoms. The minimum absolute atomic E-state index is 0.0437. The van der Waals surface area contributed by atoms with E-state index >= 15 is 0 Å². The van der Waals surface area contributed by atoms with E-state index < -0.39 is 29.2 Å². The number of esters is 3. The molecule has 132 valence electrons. The summed E-state index contributed by atoms with van der Waals surface area (Å²) in [6.45, 7) is 9.18. The van der Waals surface area contributed by atoms with Gasteiger partial charge in [-0.1, -0.05) is 6.92 Å². The second kappa shape index (κ2) is 8.31. The standard InChI is InChI=1S/C17H28O6/c1-6-21-14(18)13-11(4)9-10-12(13)17(5,15(19)22-7-2)16(20)23-8-3/h11-13H,6-10H2,1-5H3/t11-,12-,13-/m1/s1. The van der Waals surface area contributed by atoms with Crippen LogP contribution in [0.25, 0.3) is 0 Å². The van der Waals surface area contributed by atoms with Gasteiger partial charge in [0.2, 0.25) is 0 Å². The fourth-order valence-electron chi connectivity index (χ4n) is 3.43. The third-order valence-corrected chi connectivity index (χ3v) is 4.68. The molecule has 0 aliphatic heterocycles. The number of rotatable bonds is 7. The number of ether oxygens (including phenoxy) is 3. The molecule has 0 unspecified atom stereocenters. The van der Waals surface area contributed by atoms with Gasteiger partial charge in [0.15, 0.2) is 5.41 Å². The van der Waals surface area contributed by atoms with E-state index in [0.717, 1.165) is 6.42 Å². The molecule has 1 saturated carbocycles. The Balaban J connectivity index is 3.20. The zero-order valence-corrected chi connectivity index (χ0v) is 14.7. The van der Waals surface area contributed by atoms with Crippen LogP contribution in [-0.2, 0) is 28.6 Å². The summed E-state index contributed by atoms with van der Waals surface area (Å²) in [5.74, 6) is -2.56. The van der Waals surface area contributed by atoms with Crippen LogP contribution in [0.15, 0.2) is 0 Å². The van der Waals surface area contributed by atoms with Gasteiger partial charge in [-0.3, -0.25) is 14.4 Å². The lowest BCUT2D eigenvalue weighted by atomic mass is 9.70. The van der Waals surface area contributed by atoms with Crippen LogP contribution < -0.4 is 0 Å². The quantitative estimate of drug-likeness (QED) is 0.405. The van der Waals surface area contributed by atoms with Gasteiger partial charge in [0, 0.05) is 0 Å². The topological polar surface area (TPSA) is 78.9 Å². The first-order chi connectivity index (χ1) is 10.8. The third kappa shape index (κ3) is 3.85. The number of carbonyl (C=O) groups excluding carboxylic acids is 3. The molecular formula is C17H28O6. The molecule has 0 saturated heterocycles. The number of carbonyl (C=O) groups is 3. The van der Waals surface area contributed by atoms with Crippen LogP contribution >= 0.6 is 0 Å². The molecule has 1 aliphatic carbocycles. The molecule has 0 amide bonds. The fraction of sp³-hybridized carbons (Fsp3) is 0.824. The lowest BCUT2D eigenvalue weighted by molar-refractivity contribution is -0.178. The summed E-state index contributed by atoms with van der Waals surface area (Å²) in [6, 6.07) is 0. The van der Waals surface area contributed by atoms with Gasteiger partial charge in [-0.25, -0.2) is 0 Å². The van der Waals surface area contributed by atoms with E-state index in [1.807, 2.05) is 6.92 Å². The molecule has 6 heteroatoms. The van der Waals surface area contributed by atoms with E-state index in [1.165, 1.54) is 6.92 Å². The summed E-state index contributed by atoms with van der Waals surface area (Å²) < 4.78 is 15.4. The van der Waals surface area contributed by atoms with Gasteiger partial charge in [-0.15, -0.1) is 0 Å². The molecule has 6 nitrogen and oxygen atoms in total. The average Bonchev–Trinajstić information content (AvgIpc) is 2.89. The third-order valence-electron chi connectivity index (χ3n) is 4.68. The molecule has 0 aromatic carbocycles. The zero-order chi connectivity index (χ0) is 17.6. The summed E-state index contributed by atoms with van der Waals surface area (Å²) in [7, 11) is 0. The van der Waals surface area contributed by atoms with Crippen LogP contribution in [0, 0.1) is 23.2 Å². The van der Waals surface area contributed by atoms with Gasteiger partial charge in [0.05, 0.1) is 25.7 Å². The van der Waals surface area contributed by atoms with Crippen molar-refractivity contribution in [2.24, 2.45) is 23.2 Å². The van der Waals surface area contributed by atoms with Gasteiger partial charge in [0.1, 0.15) is 0 Å². The number of hydrogen-bond donors (Lipinski definition) is 0. The summed E-state index contributed by atoms with van der Waals surface area (Å²) in [5.41, 5.74) is -1.49. The first kappa shape index (κ1) is 19.5. The lowest BCUT2D eigenvalue weighted by Crippen LogP contribution is -2.48. The van der Waals surface area contributed by atoms with E-state index in [2.05, 4.69) is 0 Å². The minimum Gasteiger partial charge on any atom is -0.466 e. The Morgan fingerprint density at radius 2 is 1.39 bits per heavy atom. The van der Waals surface area contributed by atoms with Crippen molar-refractivity contribution in [2.45, 2.75) is 47.5 Å². The van der Waals surface area contributed by atoms with Crippen LogP contribution in [0.2, 0.25) is 0 Å². The molecule has 1 fully saturated rings. The molecule has 0 radical (unpaired) electrons. The van der Waals surface area contributed by atoms with Gasteiger partial charge < -0.3 is 14.2 Å². The fourth-order valence-corrected chi connectivity index (χ4v) is 3.43. The maximum atomic E-state index is 12.5. The van der Waals surface area contributed by atoms with Crippen molar-refractivity contribution in [2.75, 3.05) is 19.8 Å². The van der Waals surface area contributed by atoms with Crippen molar-refractivity contribution in [3.05, 3.63) is 0 Å². The van der Waals surface area contributed by atoms with Crippen molar-refractivity contribution < 1.29 is 28.6 Å². The highest BCUT2D eigenvalue weighted by Crippen LogP contribution is 2.48. The van der Waals surface area contributed by atoms with Crippen molar-refractivity contribution in [1.29, 1.82) is 0 Å². The first-order valence-electron chi connectivity index (χ1n) is 8.35. The van der Waals surface area contributed by atoms with Gasteiger partial charge in [-0.2, -0.15) is 0 Å². The Hall–Kier alpha value is -1.59. The largest absolute Gasteiger partial charge is 0.466 e. The van der Waals surface area contributed by atoms with Crippen LogP contribution in [0.3, 0.4) is 0 Å². The predicted octanol–water partition coefficient (Wildman–Crippen LogP) is 2.34. The van der Waals surface area contributed by atoms with Crippen LogP contribution in [0.4, 0.5) is 0 Å². The van der Waals surface area contributed by atoms with Crippen molar-refractivity contribution in [3.63, 3.8) is 0 Å². The SMILES string of the molecule is CCOC(=O)[C@@H]1[C@H](C)CC[C@H]1C(C)(C(=O)OCC)C(=O)OCC. The van der Waals surface area contributed by atoms with Crippen molar-refractivity contribution in [1.82, 2.24) is 0 Å². The highest BCUT2D eigenvalue weighted by molar-refractivity contribution is 6.00. The van der Waals surface area contributed by atoms with Gasteiger partial charge >= 0.3 is 17.9 Å².